The third-order valence-corrected chi connectivity index (χ3v) is 4.44. The van der Waals surface area contributed by atoms with Gasteiger partial charge in [-0.25, -0.2) is 9.67 Å². The maximum Gasteiger partial charge on any atom is 0.158 e. The fourth-order valence-corrected chi connectivity index (χ4v) is 2.63. The lowest BCUT2D eigenvalue weighted by molar-refractivity contribution is 0.169. The largest absolute Gasteiger partial charge is 0.311 e. The number of imidazole rings is 1. The summed E-state index contributed by atoms with van der Waals surface area (Å²) in [5.74, 6) is 1.64. The Morgan fingerprint density at radius 2 is 1.95 bits per heavy atom. The van der Waals surface area contributed by atoms with E-state index in [0.717, 1.165) is 42.2 Å². The molecule has 0 aliphatic carbocycles. The van der Waals surface area contributed by atoms with Crippen molar-refractivity contribution in [2.45, 2.75) is 52.7 Å². The monoisotopic (exact) mass is 311 g/mol. The molecule has 0 radical (unpaired) electrons. The molecule has 0 bridgehead atoms. The molecule has 0 spiro atoms. The highest BCUT2D eigenvalue weighted by Gasteiger charge is 2.26. The van der Waals surface area contributed by atoms with E-state index in [1.54, 1.807) is 0 Å². The molecule has 0 amide bonds. The van der Waals surface area contributed by atoms with Crippen molar-refractivity contribution in [3.63, 3.8) is 0 Å². The van der Waals surface area contributed by atoms with Gasteiger partial charge in [0.25, 0.3) is 0 Å². The molecule has 2 aromatic rings. The van der Waals surface area contributed by atoms with Crippen molar-refractivity contribution in [1.82, 2.24) is 24.2 Å². The van der Waals surface area contributed by atoms with Crippen LogP contribution in [0.5, 0.6) is 0 Å². The third-order valence-electron chi connectivity index (χ3n) is 4.25. The molecule has 118 valence electrons. The van der Waals surface area contributed by atoms with Crippen LogP contribution in [-0.2, 0) is 19.5 Å². The van der Waals surface area contributed by atoms with Crippen LogP contribution in [0.25, 0.3) is 11.2 Å². The highest BCUT2D eigenvalue weighted by atomic mass is 35.5. The maximum absolute atomic E-state index is 5.96. The van der Waals surface area contributed by atoms with E-state index in [9.17, 15) is 0 Å². The van der Waals surface area contributed by atoms with Gasteiger partial charge in [-0.15, -0.1) is 11.6 Å². The number of halogens is 1. The number of fused-ring (bicyclic) bond motifs is 1. The molecule has 5 nitrogen and oxygen atoms in total. The fourth-order valence-electron chi connectivity index (χ4n) is 2.46. The van der Waals surface area contributed by atoms with Gasteiger partial charge in [-0.1, -0.05) is 0 Å². The summed E-state index contributed by atoms with van der Waals surface area (Å²) in [4.78, 5) is 7.03. The van der Waals surface area contributed by atoms with Gasteiger partial charge in [0.05, 0.1) is 5.69 Å². The SMILES string of the molecule is CCn1nc(C)c2nc(CCCl)n(CC(C)(C)N(C)C)c21. The molecule has 21 heavy (non-hydrogen) atoms. The molecule has 2 rings (SSSR count). The van der Waals surface area contributed by atoms with Gasteiger partial charge < -0.3 is 9.47 Å². The summed E-state index contributed by atoms with van der Waals surface area (Å²) >= 11 is 5.96. The Labute approximate surface area is 131 Å². The first-order valence-electron chi connectivity index (χ1n) is 7.47. The molecule has 0 saturated carbocycles. The van der Waals surface area contributed by atoms with Crippen LogP contribution in [0.2, 0.25) is 0 Å². The summed E-state index contributed by atoms with van der Waals surface area (Å²) in [6.45, 7) is 10.3. The van der Waals surface area contributed by atoms with E-state index in [-0.39, 0.29) is 5.54 Å². The standard InChI is InChI=1S/C15H26ClN5/c1-7-21-14-13(11(2)18-21)17-12(8-9-16)20(14)10-15(3,4)19(5)6/h7-10H2,1-6H3. The van der Waals surface area contributed by atoms with E-state index in [1.165, 1.54) is 0 Å². The summed E-state index contributed by atoms with van der Waals surface area (Å²) in [5.41, 5.74) is 3.14. The van der Waals surface area contributed by atoms with Crippen LogP contribution < -0.4 is 0 Å². The highest BCUT2D eigenvalue weighted by molar-refractivity contribution is 6.17. The van der Waals surface area contributed by atoms with Crippen molar-refractivity contribution < 1.29 is 0 Å². The summed E-state index contributed by atoms with van der Waals surface area (Å²) in [6.07, 6.45) is 0.781. The fraction of sp³-hybridized carbons (Fsp3) is 0.733. The third kappa shape index (κ3) is 2.94. The normalized spacial score (nSPS) is 12.8. The smallest absolute Gasteiger partial charge is 0.158 e. The molecular formula is C15H26ClN5. The molecule has 0 fully saturated rings. The minimum absolute atomic E-state index is 0.0332. The van der Waals surface area contributed by atoms with E-state index in [0.29, 0.717) is 5.88 Å². The van der Waals surface area contributed by atoms with Crippen molar-refractivity contribution in [3.05, 3.63) is 11.5 Å². The lowest BCUT2D eigenvalue weighted by atomic mass is 10.0. The number of hydrogen-bond donors (Lipinski definition) is 0. The average Bonchev–Trinajstić information content (AvgIpc) is 2.89. The average molecular weight is 312 g/mol. The molecule has 0 aromatic carbocycles. The summed E-state index contributed by atoms with van der Waals surface area (Å²) in [5, 5.41) is 4.59. The van der Waals surface area contributed by atoms with Crippen LogP contribution in [0.3, 0.4) is 0 Å². The Bertz CT molecular complexity index is 624. The Kier molecular flexibility index (Phi) is 4.63. The molecule has 0 N–H and O–H groups in total. The van der Waals surface area contributed by atoms with E-state index in [4.69, 9.17) is 16.6 Å². The second-order valence-electron chi connectivity index (χ2n) is 6.33. The van der Waals surface area contributed by atoms with Gasteiger partial charge in [-0.05, 0) is 41.8 Å². The highest BCUT2D eigenvalue weighted by Crippen LogP contribution is 2.24. The van der Waals surface area contributed by atoms with E-state index in [2.05, 4.69) is 49.4 Å². The number of aryl methyl sites for hydroxylation is 3. The van der Waals surface area contributed by atoms with Crippen molar-refractivity contribution in [2.75, 3.05) is 20.0 Å². The van der Waals surface area contributed by atoms with E-state index >= 15 is 0 Å². The maximum atomic E-state index is 5.96. The summed E-state index contributed by atoms with van der Waals surface area (Å²) < 4.78 is 4.34. The second-order valence-corrected chi connectivity index (χ2v) is 6.71. The number of hydrogen-bond acceptors (Lipinski definition) is 3. The van der Waals surface area contributed by atoms with Crippen LogP contribution >= 0.6 is 11.6 Å². The van der Waals surface area contributed by atoms with Gasteiger partial charge in [-0.3, -0.25) is 0 Å². The van der Waals surface area contributed by atoms with Crippen LogP contribution in [-0.4, -0.2) is 49.7 Å². The quantitative estimate of drug-likeness (QED) is 0.770. The van der Waals surface area contributed by atoms with Crippen molar-refractivity contribution in [2.24, 2.45) is 0 Å². The molecule has 0 saturated heterocycles. The van der Waals surface area contributed by atoms with E-state index in [1.807, 2.05) is 11.6 Å². The first-order valence-corrected chi connectivity index (χ1v) is 8.01. The Balaban J connectivity index is 2.60. The first kappa shape index (κ1) is 16.3. The van der Waals surface area contributed by atoms with Crippen LogP contribution in [0.4, 0.5) is 0 Å². The molecular weight excluding hydrogens is 286 g/mol. The number of rotatable bonds is 6. The zero-order valence-electron chi connectivity index (χ0n) is 13.9. The number of aromatic nitrogens is 4. The van der Waals surface area contributed by atoms with Gasteiger partial charge in [0.1, 0.15) is 11.3 Å². The van der Waals surface area contributed by atoms with Gasteiger partial charge in [0.15, 0.2) is 5.65 Å². The van der Waals surface area contributed by atoms with Crippen LogP contribution in [0.1, 0.15) is 32.3 Å². The summed E-state index contributed by atoms with van der Waals surface area (Å²) in [6, 6.07) is 0. The van der Waals surface area contributed by atoms with Gasteiger partial charge in [0.2, 0.25) is 0 Å². The van der Waals surface area contributed by atoms with E-state index < -0.39 is 0 Å². The molecule has 0 aliphatic heterocycles. The van der Waals surface area contributed by atoms with Crippen molar-refractivity contribution in [3.8, 4) is 0 Å². The zero-order chi connectivity index (χ0) is 15.8. The lowest BCUT2D eigenvalue weighted by Crippen LogP contribution is -2.42. The van der Waals surface area contributed by atoms with Crippen molar-refractivity contribution in [1.29, 1.82) is 0 Å². The number of alkyl halides is 1. The number of nitrogens with zero attached hydrogens (tertiary/aromatic N) is 5. The van der Waals surface area contributed by atoms with Crippen molar-refractivity contribution >= 4 is 22.8 Å². The molecule has 0 atom stereocenters. The van der Waals surface area contributed by atoms with Gasteiger partial charge in [-0.2, -0.15) is 5.10 Å². The predicted octanol–water partition coefficient (Wildman–Crippen LogP) is 2.68. The molecule has 2 heterocycles. The Morgan fingerprint density at radius 3 is 2.48 bits per heavy atom. The molecule has 2 aromatic heterocycles. The predicted molar refractivity (Wildman–Crippen MR) is 88.1 cm³/mol. The molecule has 6 heteroatoms. The van der Waals surface area contributed by atoms with Gasteiger partial charge >= 0.3 is 0 Å². The summed E-state index contributed by atoms with van der Waals surface area (Å²) in [7, 11) is 4.22. The van der Waals surface area contributed by atoms with Crippen LogP contribution in [0, 0.1) is 6.92 Å². The van der Waals surface area contributed by atoms with Gasteiger partial charge in [0, 0.05) is 30.9 Å². The Morgan fingerprint density at radius 1 is 1.29 bits per heavy atom. The minimum atomic E-state index is 0.0332. The zero-order valence-corrected chi connectivity index (χ0v) is 14.7. The van der Waals surface area contributed by atoms with Crippen LogP contribution in [0.15, 0.2) is 0 Å². The minimum Gasteiger partial charge on any atom is -0.311 e. The topological polar surface area (TPSA) is 38.9 Å². The number of likely N-dealkylation sites (N-methyl/N-ethyl adjacent to an activating group) is 1. The lowest BCUT2D eigenvalue weighted by Gasteiger charge is -2.33. The molecule has 0 unspecified atom stereocenters. The molecule has 0 aliphatic rings. The Hall–Kier alpha value is -1.07. The second kappa shape index (κ2) is 5.97. The first-order chi connectivity index (χ1) is 9.81.